The molecular formula is C21H25N3O6. The zero-order chi connectivity index (χ0) is 22.1. The number of ether oxygens (including phenoxy) is 2. The van der Waals surface area contributed by atoms with Crippen LogP contribution in [0.25, 0.3) is 0 Å². The number of hydrogen-bond donors (Lipinski definition) is 0. The Balaban J connectivity index is 1.94. The highest BCUT2D eigenvalue weighted by molar-refractivity contribution is 6.06. The summed E-state index contributed by atoms with van der Waals surface area (Å²) in [5.74, 6) is -2.59. The first-order valence-corrected chi connectivity index (χ1v) is 9.75. The maximum Gasteiger partial charge on any atom is 0.419 e. The molecule has 1 aromatic rings. The summed E-state index contributed by atoms with van der Waals surface area (Å²) in [6, 6.07) is 11.3. The lowest BCUT2D eigenvalue weighted by Crippen LogP contribution is -2.60. The molecule has 0 aromatic heterocycles. The molecule has 2 aliphatic heterocycles. The molecule has 160 valence electrons. The Hall–Kier alpha value is -2.96. The summed E-state index contributed by atoms with van der Waals surface area (Å²) in [7, 11) is 0. The fourth-order valence-electron chi connectivity index (χ4n) is 3.67. The quantitative estimate of drug-likeness (QED) is 0.687. The number of fused-ring (bicyclic) bond motifs is 1. The molecule has 9 nitrogen and oxygen atoms in total. The number of nitrogens with zero attached hydrogens (tertiary/aromatic N) is 3. The van der Waals surface area contributed by atoms with Gasteiger partial charge in [0.15, 0.2) is 0 Å². The predicted octanol–water partition coefficient (Wildman–Crippen LogP) is 2.02. The van der Waals surface area contributed by atoms with Crippen LogP contribution >= 0.6 is 0 Å². The molecule has 0 radical (unpaired) electrons. The molecule has 0 unspecified atom stereocenters. The average molecular weight is 415 g/mol. The molecule has 0 bridgehead atoms. The Labute approximate surface area is 175 Å². The number of nitriles is 1. The first-order valence-electron chi connectivity index (χ1n) is 9.75. The number of rotatable bonds is 4. The van der Waals surface area contributed by atoms with Crippen LogP contribution in [0.2, 0.25) is 0 Å². The van der Waals surface area contributed by atoms with Crippen molar-refractivity contribution in [3.05, 3.63) is 35.9 Å². The van der Waals surface area contributed by atoms with E-state index in [2.05, 4.69) is 0 Å². The van der Waals surface area contributed by atoms with Gasteiger partial charge in [-0.1, -0.05) is 30.3 Å². The van der Waals surface area contributed by atoms with Crippen molar-refractivity contribution in [3.63, 3.8) is 0 Å². The Morgan fingerprint density at radius 2 is 1.97 bits per heavy atom. The summed E-state index contributed by atoms with van der Waals surface area (Å²) < 4.78 is 10.4. The molecule has 3 atom stereocenters. The topological polar surface area (TPSA) is 109 Å². The summed E-state index contributed by atoms with van der Waals surface area (Å²) in [5, 5.41) is 11.5. The van der Waals surface area contributed by atoms with Gasteiger partial charge in [-0.3, -0.25) is 9.63 Å². The van der Waals surface area contributed by atoms with Crippen LogP contribution in [0.4, 0.5) is 4.79 Å². The maximum absolute atomic E-state index is 13.2. The van der Waals surface area contributed by atoms with E-state index >= 15 is 0 Å². The Morgan fingerprint density at radius 3 is 2.53 bits per heavy atom. The minimum Gasteiger partial charge on any atom is -0.463 e. The molecule has 0 aliphatic carbocycles. The Bertz CT molecular complexity index is 875. The molecule has 0 N–H and O–H groups in total. The number of hydrogen-bond acceptors (Lipinski definition) is 8. The highest BCUT2D eigenvalue weighted by Gasteiger charge is 2.71. The van der Waals surface area contributed by atoms with Crippen LogP contribution in [0.5, 0.6) is 0 Å². The van der Waals surface area contributed by atoms with Gasteiger partial charge in [-0.15, -0.1) is 0 Å². The van der Waals surface area contributed by atoms with E-state index in [1.165, 1.54) is 5.06 Å². The SMILES string of the molecule is CCOC(=O)[C@@]1(C#N)[C@H]2ON(Cc3ccccc3)C[C@H]2C(=O)N1C(=O)OC(C)(C)C. The van der Waals surface area contributed by atoms with E-state index in [0.29, 0.717) is 11.4 Å². The molecule has 1 aromatic carbocycles. The highest BCUT2D eigenvalue weighted by Crippen LogP contribution is 2.43. The minimum atomic E-state index is -2.26. The number of carbonyl (C=O) groups is 3. The van der Waals surface area contributed by atoms with Gasteiger partial charge in [-0.25, -0.2) is 14.5 Å². The van der Waals surface area contributed by atoms with E-state index in [9.17, 15) is 19.6 Å². The van der Waals surface area contributed by atoms with Crippen molar-refractivity contribution in [1.82, 2.24) is 9.96 Å². The Morgan fingerprint density at radius 1 is 1.30 bits per heavy atom. The number of carbonyl (C=O) groups excluding carboxylic acids is 3. The van der Waals surface area contributed by atoms with E-state index < -0.39 is 41.1 Å². The van der Waals surface area contributed by atoms with Gasteiger partial charge < -0.3 is 9.47 Å². The van der Waals surface area contributed by atoms with E-state index in [0.717, 1.165) is 5.56 Å². The molecule has 2 fully saturated rings. The normalized spacial score (nSPS) is 26.2. The van der Waals surface area contributed by atoms with Crippen LogP contribution in [-0.2, 0) is 30.4 Å². The third-order valence-electron chi connectivity index (χ3n) is 4.87. The van der Waals surface area contributed by atoms with Gasteiger partial charge in [0.2, 0.25) is 5.91 Å². The molecule has 0 spiro atoms. The lowest BCUT2D eigenvalue weighted by Gasteiger charge is -2.33. The molecule has 30 heavy (non-hydrogen) atoms. The van der Waals surface area contributed by atoms with Crippen molar-refractivity contribution in [2.24, 2.45) is 5.92 Å². The van der Waals surface area contributed by atoms with Crippen molar-refractivity contribution in [1.29, 1.82) is 5.26 Å². The van der Waals surface area contributed by atoms with E-state index in [1.807, 2.05) is 36.4 Å². The third kappa shape index (κ3) is 3.76. The van der Waals surface area contributed by atoms with Gasteiger partial charge in [0.1, 0.15) is 17.8 Å². The van der Waals surface area contributed by atoms with Crippen molar-refractivity contribution >= 4 is 18.0 Å². The number of likely N-dealkylation sites (tertiary alicyclic amines) is 1. The summed E-state index contributed by atoms with van der Waals surface area (Å²) in [4.78, 5) is 45.3. The van der Waals surface area contributed by atoms with Gasteiger partial charge in [-0.05, 0) is 33.3 Å². The van der Waals surface area contributed by atoms with E-state index in [-0.39, 0.29) is 13.2 Å². The van der Waals surface area contributed by atoms with Gasteiger partial charge in [0.05, 0.1) is 12.5 Å². The molecule has 2 amide bonds. The van der Waals surface area contributed by atoms with Gasteiger partial charge in [-0.2, -0.15) is 10.3 Å². The minimum absolute atomic E-state index is 0.0241. The number of benzene rings is 1. The maximum atomic E-state index is 13.2. The molecule has 2 saturated heterocycles. The summed E-state index contributed by atoms with van der Waals surface area (Å²) in [5.41, 5.74) is -2.25. The standard InChI is InChI=1S/C21H25N3O6/c1-5-28-18(26)21(13-22)16-15(17(25)24(21)19(27)29-20(2,3)4)12-23(30-16)11-14-9-7-6-8-10-14/h6-10,15-16H,5,11-12H2,1-4H3/t15-,16+,21-/m1/s1. The first-order chi connectivity index (χ1) is 14.1. The van der Waals surface area contributed by atoms with E-state index in [1.54, 1.807) is 27.7 Å². The van der Waals surface area contributed by atoms with Crippen LogP contribution in [0, 0.1) is 17.2 Å². The number of hydroxylamine groups is 2. The second kappa shape index (κ2) is 8.05. The third-order valence-corrected chi connectivity index (χ3v) is 4.87. The number of amides is 2. The second-order valence-corrected chi connectivity index (χ2v) is 8.19. The van der Waals surface area contributed by atoms with Gasteiger partial charge >= 0.3 is 12.1 Å². The molecule has 9 heteroatoms. The summed E-state index contributed by atoms with van der Waals surface area (Å²) >= 11 is 0. The molecular weight excluding hydrogens is 390 g/mol. The monoisotopic (exact) mass is 415 g/mol. The highest BCUT2D eigenvalue weighted by atomic mass is 16.7. The lowest BCUT2D eigenvalue weighted by atomic mass is 9.90. The molecule has 2 heterocycles. The van der Waals surface area contributed by atoms with Crippen LogP contribution in [0.3, 0.4) is 0 Å². The van der Waals surface area contributed by atoms with Gasteiger partial charge in [0, 0.05) is 13.1 Å². The zero-order valence-corrected chi connectivity index (χ0v) is 17.5. The Kier molecular flexibility index (Phi) is 5.83. The van der Waals surface area contributed by atoms with Gasteiger partial charge in [0.25, 0.3) is 5.54 Å². The predicted molar refractivity (Wildman–Crippen MR) is 103 cm³/mol. The molecule has 2 aliphatic rings. The lowest BCUT2D eigenvalue weighted by molar-refractivity contribution is -0.189. The molecule has 3 rings (SSSR count). The number of imide groups is 1. The first kappa shape index (κ1) is 21.7. The fourth-order valence-corrected chi connectivity index (χ4v) is 3.67. The van der Waals surface area contributed by atoms with Crippen LogP contribution in [0.15, 0.2) is 30.3 Å². The van der Waals surface area contributed by atoms with Crippen molar-refractivity contribution < 1.29 is 28.7 Å². The van der Waals surface area contributed by atoms with Crippen LogP contribution in [0.1, 0.15) is 33.3 Å². The number of esters is 1. The summed E-state index contributed by atoms with van der Waals surface area (Å²) in [6.45, 7) is 6.92. The van der Waals surface area contributed by atoms with Crippen molar-refractivity contribution in [2.45, 2.75) is 51.5 Å². The largest absolute Gasteiger partial charge is 0.463 e. The smallest absolute Gasteiger partial charge is 0.419 e. The van der Waals surface area contributed by atoms with Crippen molar-refractivity contribution in [2.75, 3.05) is 13.2 Å². The summed E-state index contributed by atoms with van der Waals surface area (Å²) in [6.07, 6.45) is -2.26. The van der Waals surface area contributed by atoms with E-state index in [4.69, 9.17) is 14.3 Å². The molecule has 0 saturated carbocycles. The second-order valence-electron chi connectivity index (χ2n) is 8.19. The van der Waals surface area contributed by atoms with Crippen molar-refractivity contribution in [3.8, 4) is 6.07 Å². The van der Waals surface area contributed by atoms with Crippen LogP contribution in [-0.4, -0.2) is 58.3 Å². The fraction of sp³-hybridized carbons (Fsp3) is 0.524. The zero-order valence-electron chi connectivity index (χ0n) is 17.5. The van der Waals surface area contributed by atoms with Crippen LogP contribution < -0.4 is 0 Å². The average Bonchev–Trinajstić information content (AvgIpc) is 3.18.